The third-order valence-corrected chi connectivity index (χ3v) is 7.84. The summed E-state index contributed by atoms with van der Waals surface area (Å²) in [6, 6.07) is 25.0. The molecule has 0 aliphatic rings. The SMILES string of the molecule is CC(C)=C(Sc1ccccc1)C(=O)c1cn(S(=O)(=O)c2ccccc2)c2ccccc12. The Morgan fingerprint density at radius 1 is 0.806 bits per heavy atom. The number of thioether (sulfide) groups is 1. The van der Waals surface area contributed by atoms with E-state index in [9.17, 15) is 13.2 Å². The molecule has 0 saturated carbocycles. The molecule has 0 fully saturated rings. The van der Waals surface area contributed by atoms with Crippen LogP contribution in [-0.4, -0.2) is 18.2 Å². The van der Waals surface area contributed by atoms with Crippen molar-refractivity contribution in [2.45, 2.75) is 23.6 Å². The van der Waals surface area contributed by atoms with Crippen molar-refractivity contribution in [1.29, 1.82) is 0 Å². The van der Waals surface area contributed by atoms with E-state index in [0.29, 0.717) is 21.4 Å². The van der Waals surface area contributed by atoms with Gasteiger partial charge in [-0.2, -0.15) is 0 Å². The number of benzene rings is 3. The zero-order valence-electron chi connectivity index (χ0n) is 17.1. The number of allylic oxidation sites excluding steroid dienone is 2. The lowest BCUT2D eigenvalue weighted by atomic mass is 10.1. The van der Waals surface area contributed by atoms with Crippen LogP contribution < -0.4 is 0 Å². The van der Waals surface area contributed by atoms with Crippen molar-refractivity contribution in [3.63, 3.8) is 0 Å². The van der Waals surface area contributed by atoms with E-state index in [1.807, 2.05) is 50.2 Å². The molecule has 0 spiro atoms. The second-order valence-corrected chi connectivity index (χ2v) is 10.1. The highest BCUT2D eigenvalue weighted by Crippen LogP contribution is 2.34. The van der Waals surface area contributed by atoms with Gasteiger partial charge in [0.15, 0.2) is 0 Å². The van der Waals surface area contributed by atoms with E-state index in [-0.39, 0.29) is 10.7 Å². The van der Waals surface area contributed by atoms with E-state index in [1.54, 1.807) is 48.5 Å². The molecule has 156 valence electrons. The molecule has 0 unspecified atom stereocenters. The summed E-state index contributed by atoms with van der Waals surface area (Å²) in [6.07, 6.45) is 1.45. The molecular weight excluding hydrogens is 426 g/mol. The summed E-state index contributed by atoms with van der Waals surface area (Å²) in [4.78, 5) is 15.3. The molecule has 0 radical (unpaired) electrons. The van der Waals surface area contributed by atoms with Gasteiger partial charge in [0.25, 0.3) is 10.0 Å². The Kier molecular flexibility index (Phi) is 5.85. The Balaban J connectivity index is 1.85. The smallest absolute Gasteiger partial charge is 0.268 e. The minimum absolute atomic E-state index is 0.177. The molecule has 4 nitrogen and oxygen atoms in total. The van der Waals surface area contributed by atoms with Gasteiger partial charge in [-0.05, 0) is 44.2 Å². The molecule has 3 aromatic carbocycles. The number of fused-ring (bicyclic) bond motifs is 1. The van der Waals surface area contributed by atoms with Gasteiger partial charge in [-0.25, -0.2) is 12.4 Å². The summed E-state index contributed by atoms with van der Waals surface area (Å²) in [6.45, 7) is 3.78. The summed E-state index contributed by atoms with van der Waals surface area (Å²) in [7, 11) is -3.84. The van der Waals surface area contributed by atoms with Crippen LogP contribution in [0.25, 0.3) is 10.9 Å². The number of nitrogens with zero attached hydrogens (tertiary/aromatic N) is 1. The molecule has 1 aromatic heterocycles. The van der Waals surface area contributed by atoms with Gasteiger partial charge >= 0.3 is 0 Å². The minimum atomic E-state index is -3.84. The highest BCUT2D eigenvalue weighted by Gasteiger charge is 2.25. The monoisotopic (exact) mass is 447 g/mol. The van der Waals surface area contributed by atoms with Crippen molar-refractivity contribution in [3.8, 4) is 0 Å². The average molecular weight is 448 g/mol. The first kappa shape index (κ1) is 21.2. The molecule has 0 aliphatic carbocycles. The molecule has 0 N–H and O–H groups in total. The number of rotatable bonds is 6. The Bertz CT molecular complexity index is 1380. The summed E-state index contributed by atoms with van der Waals surface area (Å²) >= 11 is 1.39. The third kappa shape index (κ3) is 4.09. The fraction of sp³-hybridized carbons (Fsp3) is 0.0800. The number of para-hydroxylation sites is 1. The minimum Gasteiger partial charge on any atom is -0.288 e. The highest BCUT2D eigenvalue weighted by atomic mass is 32.2. The largest absolute Gasteiger partial charge is 0.288 e. The summed E-state index contributed by atoms with van der Waals surface area (Å²) < 4.78 is 27.8. The fourth-order valence-corrected chi connectivity index (χ4v) is 5.67. The van der Waals surface area contributed by atoms with Crippen LogP contribution in [0.3, 0.4) is 0 Å². The molecule has 31 heavy (non-hydrogen) atoms. The summed E-state index contributed by atoms with van der Waals surface area (Å²) in [5.41, 5.74) is 1.73. The Morgan fingerprint density at radius 2 is 1.39 bits per heavy atom. The zero-order valence-corrected chi connectivity index (χ0v) is 18.8. The van der Waals surface area contributed by atoms with Crippen LogP contribution >= 0.6 is 11.8 Å². The van der Waals surface area contributed by atoms with E-state index in [2.05, 4.69) is 0 Å². The lowest BCUT2D eigenvalue weighted by Crippen LogP contribution is -2.12. The first-order valence-electron chi connectivity index (χ1n) is 9.75. The van der Waals surface area contributed by atoms with Crippen LogP contribution in [0.1, 0.15) is 24.2 Å². The van der Waals surface area contributed by atoms with E-state index in [1.165, 1.54) is 21.9 Å². The van der Waals surface area contributed by atoms with E-state index in [4.69, 9.17) is 0 Å². The molecule has 4 rings (SSSR count). The van der Waals surface area contributed by atoms with Gasteiger partial charge < -0.3 is 0 Å². The second-order valence-electron chi connectivity index (χ2n) is 7.25. The number of aromatic nitrogens is 1. The lowest BCUT2D eigenvalue weighted by molar-refractivity contribution is 0.104. The van der Waals surface area contributed by atoms with Crippen LogP contribution in [0.15, 0.2) is 111 Å². The van der Waals surface area contributed by atoms with Crippen molar-refractivity contribution >= 4 is 38.5 Å². The number of hydrogen-bond donors (Lipinski definition) is 0. The van der Waals surface area contributed by atoms with Crippen LogP contribution in [0.4, 0.5) is 0 Å². The number of carbonyl (C=O) groups excluding carboxylic acids is 1. The Morgan fingerprint density at radius 3 is 2.03 bits per heavy atom. The van der Waals surface area contributed by atoms with Gasteiger partial charge in [0.1, 0.15) is 0 Å². The summed E-state index contributed by atoms with van der Waals surface area (Å²) in [5.74, 6) is -0.188. The number of ketones is 1. The number of carbonyl (C=O) groups is 1. The van der Waals surface area contributed by atoms with Crippen LogP contribution in [0.5, 0.6) is 0 Å². The third-order valence-electron chi connectivity index (χ3n) is 4.85. The summed E-state index contributed by atoms with van der Waals surface area (Å²) in [5, 5.41) is 0.611. The maximum absolute atomic E-state index is 13.6. The molecule has 4 aromatic rings. The highest BCUT2D eigenvalue weighted by molar-refractivity contribution is 8.04. The number of Topliss-reactive ketones (excluding diaryl/α,β-unsaturated/α-hetero) is 1. The van der Waals surface area contributed by atoms with Gasteiger partial charge in [-0.15, -0.1) is 0 Å². The van der Waals surface area contributed by atoms with E-state index < -0.39 is 10.0 Å². The predicted octanol–water partition coefficient (Wildman–Crippen LogP) is 6.15. The van der Waals surface area contributed by atoms with Crippen molar-refractivity contribution in [2.75, 3.05) is 0 Å². The average Bonchev–Trinajstić information content (AvgIpc) is 3.19. The van der Waals surface area contributed by atoms with Crippen molar-refractivity contribution in [3.05, 3.63) is 107 Å². The van der Waals surface area contributed by atoms with Crippen molar-refractivity contribution < 1.29 is 13.2 Å². The first-order chi connectivity index (χ1) is 14.9. The first-order valence-corrected chi connectivity index (χ1v) is 12.0. The normalized spacial score (nSPS) is 11.4. The molecule has 0 aliphatic heterocycles. The van der Waals surface area contributed by atoms with Crippen LogP contribution in [0.2, 0.25) is 0 Å². The topological polar surface area (TPSA) is 56.1 Å². The molecular formula is C25H21NO3S2. The maximum Gasteiger partial charge on any atom is 0.268 e. The van der Waals surface area contributed by atoms with Gasteiger partial charge in [-0.3, -0.25) is 4.79 Å². The van der Waals surface area contributed by atoms with Gasteiger partial charge in [0.05, 0.1) is 15.3 Å². The Hall–Kier alpha value is -3.09. The van der Waals surface area contributed by atoms with Gasteiger partial charge in [-0.1, -0.05) is 71.9 Å². The molecule has 6 heteroatoms. The van der Waals surface area contributed by atoms with Gasteiger partial charge in [0.2, 0.25) is 5.78 Å². The van der Waals surface area contributed by atoms with Crippen molar-refractivity contribution in [2.24, 2.45) is 0 Å². The maximum atomic E-state index is 13.6. The second kappa shape index (κ2) is 8.57. The molecule has 0 bridgehead atoms. The zero-order chi connectivity index (χ0) is 22.0. The Labute approximate surface area is 186 Å². The van der Waals surface area contributed by atoms with Crippen LogP contribution in [-0.2, 0) is 10.0 Å². The standard InChI is InChI=1S/C25H21NO3S2/c1-18(2)25(30-19-11-5-3-6-12-19)24(27)22-17-26(23-16-10-9-15-21(22)23)31(28,29)20-13-7-4-8-14-20/h3-17H,1-2H3. The molecule has 0 amide bonds. The van der Waals surface area contributed by atoms with Crippen molar-refractivity contribution in [1.82, 2.24) is 3.97 Å². The quantitative estimate of drug-likeness (QED) is 0.202. The molecule has 0 atom stereocenters. The molecule has 0 saturated heterocycles. The molecule has 1 heterocycles. The van der Waals surface area contributed by atoms with Crippen LogP contribution in [0, 0.1) is 0 Å². The number of hydrogen-bond acceptors (Lipinski definition) is 4. The predicted molar refractivity (Wildman–Crippen MR) is 126 cm³/mol. The lowest BCUT2D eigenvalue weighted by Gasteiger charge is -2.08. The fourth-order valence-electron chi connectivity index (χ4n) is 3.34. The van der Waals surface area contributed by atoms with E-state index >= 15 is 0 Å². The van der Waals surface area contributed by atoms with E-state index in [0.717, 1.165) is 10.5 Å². The van der Waals surface area contributed by atoms with Gasteiger partial charge in [0, 0.05) is 22.0 Å².